The molecule has 0 unspecified atom stereocenters. The Labute approximate surface area is 186 Å². The summed E-state index contributed by atoms with van der Waals surface area (Å²) in [5, 5.41) is 22.5. The van der Waals surface area contributed by atoms with Gasteiger partial charge in [0.15, 0.2) is 16.5 Å². The second-order valence-electron chi connectivity index (χ2n) is 7.17. The van der Waals surface area contributed by atoms with E-state index in [1.807, 2.05) is 5.01 Å². The zero-order valence-corrected chi connectivity index (χ0v) is 18.0. The number of rotatable bonds is 5. The largest absolute Gasteiger partial charge is 0.503 e. The van der Waals surface area contributed by atoms with Crippen LogP contribution in [-0.2, 0) is 13.1 Å². The third-order valence-electron chi connectivity index (χ3n) is 5.19. The minimum absolute atomic E-state index is 0.0313. The maximum atomic E-state index is 14.1. The Bertz CT molecular complexity index is 1190. The van der Waals surface area contributed by atoms with Crippen LogP contribution in [0.4, 0.5) is 4.39 Å². The lowest BCUT2D eigenvalue weighted by Gasteiger charge is -2.43. The number of carbonyl (C=O) groups is 1. The van der Waals surface area contributed by atoms with Crippen molar-refractivity contribution < 1.29 is 14.3 Å². The molecule has 2 aromatic rings. The van der Waals surface area contributed by atoms with Gasteiger partial charge < -0.3 is 9.67 Å². The summed E-state index contributed by atoms with van der Waals surface area (Å²) in [5.74, 6) is -1.70. The topological polar surface area (TPSA) is 91.6 Å². The molecule has 0 aromatic carbocycles. The molecule has 2 aromatic heterocycles. The summed E-state index contributed by atoms with van der Waals surface area (Å²) in [4.78, 5) is 25.6. The van der Waals surface area contributed by atoms with E-state index in [-0.39, 0.29) is 33.3 Å². The third kappa shape index (κ3) is 3.82. The summed E-state index contributed by atoms with van der Waals surface area (Å²) in [6.45, 7) is 8.53. The molecule has 162 valence electrons. The van der Waals surface area contributed by atoms with E-state index < -0.39 is 22.9 Å². The second-order valence-corrected chi connectivity index (χ2v) is 8.69. The Morgan fingerprint density at radius 2 is 2.06 bits per heavy atom. The number of hydrogen-bond donors (Lipinski definition) is 1. The predicted molar refractivity (Wildman–Crippen MR) is 115 cm³/mol. The van der Waals surface area contributed by atoms with Gasteiger partial charge in [-0.1, -0.05) is 42.2 Å². The molecule has 4 heterocycles. The van der Waals surface area contributed by atoms with Gasteiger partial charge in [0.05, 0.1) is 17.3 Å². The molecule has 1 fully saturated rings. The van der Waals surface area contributed by atoms with Crippen molar-refractivity contribution in [3.8, 4) is 16.3 Å². The zero-order chi connectivity index (χ0) is 22.3. The zero-order valence-electron chi connectivity index (χ0n) is 16.5. The van der Waals surface area contributed by atoms with Gasteiger partial charge in [0.2, 0.25) is 5.43 Å². The molecule has 4 rings (SSSR count). The number of amides is 1. The molecule has 0 bridgehead atoms. The summed E-state index contributed by atoms with van der Waals surface area (Å²) in [6.07, 6.45) is 4.73. The maximum absolute atomic E-state index is 14.1. The van der Waals surface area contributed by atoms with Crippen molar-refractivity contribution in [2.45, 2.75) is 25.9 Å². The van der Waals surface area contributed by atoms with Crippen molar-refractivity contribution in [2.24, 2.45) is 0 Å². The smallest absolute Gasteiger partial charge is 0.288 e. The van der Waals surface area contributed by atoms with E-state index in [4.69, 9.17) is 11.6 Å². The Balaban J connectivity index is 1.71. The van der Waals surface area contributed by atoms with E-state index in [0.717, 1.165) is 24.2 Å². The van der Waals surface area contributed by atoms with Crippen LogP contribution in [0.15, 0.2) is 46.7 Å². The number of hydrogen-bond acceptors (Lipinski definition) is 7. The number of carbonyl (C=O) groups excluding carboxylic acids is 1. The first-order valence-corrected chi connectivity index (χ1v) is 10.7. The van der Waals surface area contributed by atoms with Gasteiger partial charge in [-0.2, -0.15) is 5.01 Å². The van der Waals surface area contributed by atoms with Gasteiger partial charge in [-0.15, -0.1) is 10.2 Å². The molecular formula is C20H19ClFN5O3S. The van der Waals surface area contributed by atoms with E-state index in [1.165, 1.54) is 12.3 Å². The Morgan fingerprint density at radius 3 is 2.77 bits per heavy atom. The number of fused-ring (bicyclic) bond motifs is 2. The highest BCUT2D eigenvalue weighted by Gasteiger charge is 2.35. The fourth-order valence-corrected chi connectivity index (χ4v) is 4.63. The van der Waals surface area contributed by atoms with Crippen molar-refractivity contribution in [3.63, 3.8) is 0 Å². The van der Waals surface area contributed by atoms with Crippen molar-refractivity contribution in [3.05, 3.63) is 62.8 Å². The molecule has 8 nitrogen and oxygen atoms in total. The Morgan fingerprint density at radius 1 is 1.32 bits per heavy atom. The van der Waals surface area contributed by atoms with E-state index >= 15 is 0 Å². The molecule has 1 N–H and O–H groups in total. The summed E-state index contributed by atoms with van der Waals surface area (Å²) < 4.78 is 15.6. The summed E-state index contributed by atoms with van der Waals surface area (Å²) in [7, 11) is 0. The average Bonchev–Trinajstić information content (AvgIpc) is 3.22. The average molecular weight is 464 g/mol. The van der Waals surface area contributed by atoms with Crippen LogP contribution in [0, 0.1) is 0 Å². The Kier molecular flexibility index (Phi) is 5.78. The summed E-state index contributed by atoms with van der Waals surface area (Å²) in [5.41, 5.74) is -0.415. The van der Waals surface area contributed by atoms with Gasteiger partial charge in [-0.05, 0) is 18.4 Å². The van der Waals surface area contributed by atoms with Crippen LogP contribution in [0.1, 0.15) is 28.3 Å². The molecule has 2 aliphatic heterocycles. The molecule has 1 saturated heterocycles. The van der Waals surface area contributed by atoms with Crippen LogP contribution in [0.2, 0.25) is 0 Å². The van der Waals surface area contributed by atoms with Crippen LogP contribution < -0.4 is 5.43 Å². The lowest BCUT2D eigenvalue weighted by atomic mass is 10.1. The standard InChI is InChI=1S/C20H19ClFN5O3S/c1-3-12(15(22)11(2)21)8-14-23-24-19(31-14)13-9-25-10-26-6-4-5-7-27(26)20(30)16(25)18(29)17(13)28/h3,9,29H,1-2,4-8,10H2/b15-12-. The number of allylic oxidation sites excluding steroid dienone is 4. The Hall–Kier alpha value is -2.82. The van der Waals surface area contributed by atoms with Gasteiger partial charge in [0.25, 0.3) is 5.91 Å². The fraction of sp³-hybridized carbons (Fsp3) is 0.300. The number of aromatic hydroxyl groups is 1. The van der Waals surface area contributed by atoms with Crippen LogP contribution in [0.25, 0.3) is 10.6 Å². The number of hydrazine groups is 1. The molecule has 2 aliphatic rings. The van der Waals surface area contributed by atoms with Gasteiger partial charge in [0, 0.05) is 25.7 Å². The molecule has 0 saturated carbocycles. The van der Waals surface area contributed by atoms with E-state index in [1.54, 1.807) is 9.58 Å². The lowest BCUT2D eigenvalue weighted by molar-refractivity contribution is -0.0620. The van der Waals surface area contributed by atoms with E-state index in [0.29, 0.717) is 24.8 Å². The van der Waals surface area contributed by atoms with Crippen LogP contribution in [-0.4, -0.2) is 48.9 Å². The van der Waals surface area contributed by atoms with Crippen molar-refractivity contribution in [2.75, 3.05) is 13.1 Å². The first-order valence-electron chi connectivity index (χ1n) is 9.53. The summed E-state index contributed by atoms with van der Waals surface area (Å²) in [6, 6.07) is 0. The predicted octanol–water partition coefficient (Wildman–Crippen LogP) is 3.20. The third-order valence-corrected chi connectivity index (χ3v) is 6.31. The van der Waals surface area contributed by atoms with E-state index in [9.17, 15) is 19.1 Å². The first-order chi connectivity index (χ1) is 14.8. The SMILES string of the molecule is C=C/C(Cc1nnc(-c2cn3c(c(O)c2=O)C(=O)N2CCCCN2C3)s1)=C(/F)C(=C)Cl. The van der Waals surface area contributed by atoms with Crippen LogP contribution >= 0.6 is 22.9 Å². The van der Waals surface area contributed by atoms with Crippen molar-refractivity contribution >= 4 is 28.8 Å². The molecule has 31 heavy (non-hydrogen) atoms. The molecule has 11 heteroatoms. The molecule has 1 amide bonds. The summed E-state index contributed by atoms with van der Waals surface area (Å²) >= 11 is 6.70. The number of halogens is 2. The minimum atomic E-state index is -0.701. The van der Waals surface area contributed by atoms with Gasteiger partial charge >= 0.3 is 0 Å². The van der Waals surface area contributed by atoms with Crippen LogP contribution in [0.5, 0.6) is 5.75 Å². The molecule has 0 aliphatic carbocycles. The molecule has 0 radical (unpaired) electrons. The quantitative estimate of drug-likeness (QED) is 0.685. The minimum Gasteiger partial charge on any atom is -0.503 e. The van der Waals surface area contributed by atoms with E-state index in [2.05, 4.69) is 23.4 Å². The van der Waals surface area contributed by atoms with Crippen molar-refractivity contribution in [1.29, 1.82) is 0 Å². The lowest BCUT2D eigenvalue weighted by Crippen LogP contribution is -2.55. The highest BCUT2D eigenvalue weighted by Crippen LogP contribution is 2.30. The number of nitrogens with zero attached hydrogens (tertiary/aromatic N) is 5. The number of aromatic nitrogens is 3. The normalized spacial score (nSPS) is 17.1. The first kappa shape index (κ1) is 21.4. The van der Waals surface area contributed by atoms with Gasteiger partial charge in [-0.3, -0.25) is 14.6 Å². The molecule has 0 atom stereocenters. The highest BCUT2D eigenvalue weighted by molar-refractivity contribution is 7.14. The van der Waals surface area contributed by atoms with Crippen LogP contribution in [0.3, 0.4) is 0 Å². The monoisotopic (exact) mass is 463 g/mol. The van der Waals surface area contributed by atoms with Gasteiger partial charge in [-0.25, -0.2) is 4.39 Å². The number of pyridine rings is 1. The molecule has 0 spiro atoms. The molecular weight excluding hydrogens is 445 g/mol. The second kappa shape index (κ2) is 8.37. The highest BCUT2D eigenvalue weighted by atomic mass is 35.5. The van der Waals surface area contributed by atoms with Crippen molar-refractivity contribution in [1.82, 2.24) is 24.8 Å². The maximum Gasteiger partial charge on any atom is 0.288 e. The fourth-order valence-electron chi connectivity index (χ4n) is 3.64. The van der Waals surface area contributed by atoms with Gasteiger partial charge in [0.1, 0.15) is 10.8 Å².